The molecule has 0 atom stereocenters. The van der Waals surface area contributed by atoms with Crippen LogP contribution in [0.1, 0.15) is 19.8 Å². The molecule has 0 N–H and O–H groups in total. The van der Waals surface area contributed by atoms with Gasteiger partial charge in [0, 0.05) is 6.42 Å². The Labute approximate surface area is 57.3 Å². The minimum Gasteiger partial charge on any atom is -0.0992 e. The average Bonchev–Trinajstić information content (AvgIpc) is 1.88. The lowest BCUT2D eigenvalue weighted by atomic mass is 9.91. The van der Waals surface area contributed by atoms with Gasteiger partial charge in [0.05, 0.1) is 0 Å². The zero-order valence-corrected chi connectivity index (χ0v) is 5.85. The zero-order chi connectivity index (χ0) is 6.69. The minimum atomic E-state index is 1.14. The molecule has 1 rings (SSSR count). The number of rotatable bonds is 0. The largest absolute Gasteiger partial charge is 0.0992 e. The van der Waals surface area contributed by atoms with Crippen LogP contribution in [0, 0.1) is 12.8 Å². The first-order valence-corrected chi connectivity index (χ1v) is 3.35. The van der Waals surface area contributed by atoms with Gasteiger partial charge in [-0.1, -0.05) is 23.8 Å². The lowest BCUT2D eigenvalue weighted by molar-refractivity contribution is 0.897. The molecule has 0 saturated heterocycles. The fourth-order valence-corrected chi connectivity index (χ4v) is 0.992. The van der Waals surface area contributed by atoms with Crippen LogP contribution in [0.3, 0.4) is 0 Å². The van der Waals surface area contributed by atoms with Gasteiger partial charge in [0.2, 0.25) is 0 Å². The highest BCUT2D eigenvalue weighted by atomic mass is 14.1. The van der Waals surface area contributed by atoms with Crippen molar-refractivity contribution in [1.82, 2.24) is 0 Å². The Bertz CT molecular complexity index is 140. The fourth-order valence-electron chi connectivity index (χ4n) is 0.992. The van der Waals surface area contributed by atoms with E-state index in [0.29, 0.717) is 0 Å². The van der Waals surface area contributed by atoms with Crippen molar-refractivity contribution in [2.75, 3.05) is 0 Å². The van der Waals surface area contributed by atoms with E-state index >= 15 is 0 Å². The molecule has 0 nitrogen and oxygen atoms in total. The van der Waals surface area contributed by atoms with E-state index in [1.165, 1.54) is 11.1 Å². The normalized spacial score (nSPS) is 25.0. The van der Waals surface area contributed by atoms with Gasteiger partial charge in [-0.25, -0.2) is 0 Å². The summed E-state index contributed by atoms with van der Waals surface area (Å²) in [6.07, 6.45) is 8.80. The van der Waals surface area contributed by atoms with E-state index in [0.717, 1.165) is 12.8 Å². The van der Waals surface area contributed by atoms with Gasteiger partial charge in [0.15, 0.2) is 0 Å². The molecule has 1 fully saturated rings. The molecule has 2 radical (unpaired) electrons. The van der Waals surface area contributed by atoms with Crippen LogP contribution in [-0.2, 0) is 0 Å². The Hall–Kier alpha value is -0.520. The first-order valence-electron chi connectivity index (χ1n) is 3.35. The summed E-state index contributed by atoms with van der Waals surface area (Å²) >= 11 is 0. The van der Waals surface area contributed by atoms with Crippen LogP contribution in [0.5, 0.6) is 0 Å². The van der Waals surface area contributed by atoms with E-state index in [9.17, 15) is 0 Å². The van der Waals surface area contributed by atoms with Crippen molar-refractivity contribution >= 4 is 0 Å². The van der Waals surface area contributed by atoms with Crippen molar-refractivity contribution < 1.29 is 0 Å². The molecule has 0 heterocycles. The number of allylic oxidation sites excluding steroid dienone is 3. The maximum Gasteiger partial charge on any atom is 0.0110 e. The lowest BCUT2D eigenvalue weighted by Crippen LogP contribution is -1.97. The van der Waals surface area contributed by atoms with Gasteiger partial charge in [-0.05, 0) is 26.2 Å². The number of hydrogen-bond acceptors (Lipinski definition) is 0. The van der Waals surface area contributed by atoms with Gasteiger partial charge in [-0.15, -0.1) is 0 Å². The Morgan fingerprint density at radius 1 is 1.67 bits per heavy atom. The maximum atomic E-state index is 3.90. The van der Waals surface area contributed by atoms with Gasteiger partial charge in [-0.3, -0.25) is 0 Å². The van der Waals surface area contributed by atoms with Gasteiger partial charge >= 0.3 is 0 Å². The summed E-state index contributed by atoms with van der Waals surface area (Å²) in [5.74, 6) is 0. The van der Waals surface area contributed by atoms with E-state index in [1.54, 1.807) is 0 Å². The van der Waals surface area contributed by atoms with Crippen LogP contribution >= 0.6 is 0 Å². The Morgan fingerprint density at radius 2 is 2.44 bits per heavy atom. The van der Waals surface area contributed by atoms with Crippen molar-refractivity contribution in [2.24, 2.45) is 0 Å². The zero-order valence-electron chi connectivity index (χ0n) is 5.85. The van der Waals surface area contributed by atoms with E-state index < -0.39 is 0 Å². The molecule has 0 unspecified atom stereocenters. The van der Waals surface area contributed by atoms with Crippen molar-refractivity contribution in [2.45, 2.75) is 19.8 Å². The highest BCUT2D eigenvalue weighted by Gasteiger charge is 2.06. The van der Waals surface area contributed by atoms with Crippen LogP contribution in [0.2, 0.25) is 0 Å². The van der Waals surface area contributed by atoms with Crippen molar-refractivity contribution in [1.29, 1.82) is 0 Å². The molecule has 0 amide bonds. The first kappa shape index (κ1) is 6.60. The molecule has 0 spiro atoms. The summed E-state index contributed by atoms with van der Waals surface area (Å²) in [6.45, 7) is 5.95. The third-order valence-corrected chi connectivity index (χ3v) is 1.55. The van der Waals surface area contributed by atoms with E-state index in [2.05, 4.69) is 32.4 Å². The van der Waals surface area contributed by atoms with Crippen LogP contribution < -0.4 is 0 Å². The van der Waals surface area contributed by atoms with Crippen LogP contribution in [0.25, 0.3) is 0 Å². The summed E-state index contributed by atoms with van der Waals surface area (Å²) in [5, 5.41) is 0. The third-order valence-electron chi connectivity index (χ3n) is 1.55. The lowest BCUT2D eigenvalue weighted by Gasteiger charge is -2.14. The molecule has 1 aliphatic carbocycles. The van der Waals surface area contributed by atoms with E-state index in [1.807, 2.05) is 0 Å². The summed E-state index contributed by atoms with van der Waals surface area (Å²) in [4.78, 5) is 0. The maximum absolute atomic E-state index is 3.90. The van der Waals surface area contributed by atoms with E-state index in [-0.39, 0.29) is 0 Å². The molecular weight excluding hydrogens is 108 g/mol. The Balaban J connectivity index is 2.51. The smallest absolute Gasteiger partial charge is 0.0110 e. The van der Waals surface area contributed by atoms with Gasteiger partial charge in [0.1, 0.15) is 0 Å². The molecule has 1 saturated carbocycles. The summed E-state index contributed by atoms with van der Waals surface area (Å²) in [5.41, 5.74) is 2.58. The Kier molecular flexibility index (Phi) is 2.10. The van der Waals surface area contributed by atoms with Crippen LogP contribution in [0.4, 0.5) is 0 Å². The Morgan fingerprint density at radius 3 is 2.89 bits per heavy atom. The standard InChI is InChI=1S/C9H12/c1-3-9-6-4-5-8(2)7-9/h3,6-7H,2,4-5H2,1H3/b9-3-. The summed E-state index contributed by atoms with van der Waals surface area (Å²) < 4.78 is 0. The molecule has 0 heteroatoms. The molecular formula is C9H12. The first-order chi connectivity index (χ1) is 4.33. The van der Waals surface area contributed by atoms with Crippen molar-refractivity contribution in [3.63, 3.8) is 0 Å². The second-order valence-electron chi connectivity index (χ2n) is 2.33. The molecule has 0 aromatic heterocycles. The average molecular weight is 120 g/mol. The van der Waals surface area contributed by atoms with Gasteiger partial charge < -0.3 is 0 Å². The van der Waals surface area contributed by atoms with Crippen LogP contribution in [0.15, 0.2) is 23.8 Å². The molecule has 0 aromatic rings. The summed E-state index contributed by atoms with van der Waals surface area (Å²) in [6, 6.07) is 0. The molecule has 0 aromatic carbocycles. The SMILES string of the molecule is C=C1[CH]/C(=C\C)[CH]CC1. The number of hydrogen-bond donors (Lipinski definition) is 0. The van der Waals surface area contributed by atoms with Crippen molar-refractivity contribution in [3.05, 3.63) is 36.6 Å². The molecule has 9 heavy (non-hydrogen) atoms. The molecule has 1 aliphatic rings. The van der Waals surface area contributed by atoms with Crippen LogP contribution in [-0.4, -0.2) is 0 Å². The van der Waals surface area contributed by atoms with Gasteiger partial charge in [-0.2, -0.15) is 0 Å². The fraction of sp³-hybridized carbons (Fsp3) is 0.333. The minimum absolute atomic E-state index is 1.14. The highest BCUT2D eigenvalue weighted by Crippen LogP contribution is 2.23. The quantitative estimate of drug-likeness (QED) is 0.461. The topological polar surface area (TPSA) is 0 Å². The van der Waals surface area contributed by atoms with Crippen molar-refractivity contribution in [3.8, 4) is 0 Å². The van der Waals surface area contributed by atoms with Gasteiger partial charge in [0.25, 0.3) is 0 Å². The monoisotopic (exact) mass is 120 g/mol. The summed E-state index contributed by atoms with van der Waals surface area (Å²) in [7, 11) is 0. The molecule has 0 aliphatic heterocycles. The predicted octanol–water partition coefficient (Wildman–Crippen LogP) is 2.69. The highest BCUT2D eigenvalue weighted by molar-refractivity contribution is 5.36. The second-order valence-corrected chi connectivity index (χ2v) is 2.33. The molecule has 0 bridgehead atoms. The predicted molar refractivity (Wildman–Crippen MR) is 40.7 cm³/mol. The van der Waals surface area contributed by atoms with E-state index in [4.69, 9.17) is 0 Å². The third kappa shape index (κ3) is 1.70. The second kappa shape index (κ2) is 2.86. The molecule has 48 valence electrons.